The predicted molar refractivity (Wildman–Crippen MR) is 71.4 cm³/mol. The number of aryl methyl sites for hydroxylation is 2. The molecule has 1 aromatic carbocycles. The highest BCUT2D eigenvalue weighted by atomic mass is 35.5. The predicted octanol–water partition coefficient (Wildman–Crippen LogP) is 3.04. The van der Waals surface area contributed by atoms with Crippen LogP contribution in [-0.2, 0) is 11.8 Å². The van der Waals surface area contributed by atoms with Gasteiger partial charge in [-0.1, -0.05) is 29.9 Å². The van der Waals surface area contributed by atoms with Gasteiger partial charge in [0.25, 0.3) is 0 Å². The van der Waals surface area contributed by atoms with Gasteiger partial charge in [0, 0.05) is 18.5 Å². The van der Waals surface area contributed by atoms with E-state index in [9.17, 15) is 4.79 Å². The summed E-state index contributed by atoms with van der Waals surface area (Å²) in [6.45, 7) is 3.81. The normalized spacial score (nSPS) is 12.4. The molecule has 5 heteroatoms. The summed E-state index contributed by atoms with van der Waals surface area (Å²) >= 11 is 7.51. The van der Waals surface area contributed by atoms with Crippen LogP contribution in [0.4, 0.5) is 0 Å². The number of halogens is 1. The van der Waals surface area contributed by atoms with Crippen molar-refractivity contribution in [3.05, 3.63) is 27.5 Å². The van der Waals surface area contributed by atoms with Crippen LogP contribution in [0, 0.1) is 6.92 Å². The standard InChI is InChI=1S/C12H13ClN2OS/c1-4-10(16)14-12-15(3)11-7(2)5-8(13)6-9(11)17-12/h5-6H,4H2,1-3H3. The van der Waals surface area contributed by atoms with E-state index in [1.165, 1.54) is 11.3 Å². The number of hydrogen-bond donors (Lipinski definition) is 0. The summed E-state index contributed by atoms with van der Waals surface area (Å²) in [5, 5.41) is 0.713. The molecule has 0 spiro atoms. The van der Waals surface area contributed by atoms with Crippen molar-refractivity contribution in [3.63, 3.8) is 0 Å². The SMILES string of the molecule is CCC(=O)N=c1sc2cc(Cl)cc(C)c2n1C. The second-order valence-corrected chi connectivity index (χ2v) is 5.32. The van der Waals surface area contributed by atoms with Gasteiger partial charge in [-0.2, -0.15) is 4.99 Å². The lowest BCUT2D eigenvalue weighted by Crippen LogP contribution is -2.13. The van der Waals surface area contributed by atoms with Gasteiger partial charge in [0.05, 0.1) is 10.2 Å². The Balaban J connectivity index is 2.77. The maximum atomic E-state index is 11.4. The van der Waals surface area contributed by atoms with Crippen molar-refractivity contribution < 1.29 is 4.79 Å². The van der Waals surface area contributed by atoms with E-state index in [2.05, 4.69) is 4.99 Å². The third-order valence-electron chi connectivity index (χ3n) is 2.58. The molecule has 0 N–H and O–H groups in total. The number of amides is 1. The summed E-state index contributed by atoms with van der Waals surface area (Å²) in [7, 11) is 1.92. The van der Waals surface area contributed by atoms with E-state index in [1.54, 1.807) is 6.92 Å². The Kier molecular flexibility index (Phi) is 3.35. The van der Waals surface area contributed by atoms with E-state index in [0.717, 1.165) is 20.6 Å². The Morgan fingerprint density at radius 1 is 1.53 bits per heavy atom. The number of fused-ring (bicyclic) bond motifs is 1. The molecule has 0 saturated heterocycles. The average Bonchev–Trinajstić information content (AvgIpc) is 2.55. The Hall–Kier alpha value is -1.13. The molecule has 1 amide bonds. The van der Waals surface area contributed by atoms with Crippen LogP contribution >= 0.6 is 22.9 Å². The summed E-state index contributed by atoms with van der Waals surface area (Å²) in [6.07, 6.45) is 0.425. The molecule has 0 radical (unpaired) electrons. The molecule has 2 rings (SSSR count). The molecule has 0 aliphatic rings. The van der Waals surface area contributed by atoms with Crippen molar-refractivity contribution in [2.75, 3.05) is 0 Å². The first-order chi connectivity index (χ1) is 8.02. The van der Waals surface area contributed by atoms with Crippen LogP contribution in [0.3, 0.4) is 0 Å². The molecule has 3 nitrogen and oxygen atoms in total. The third kappa shape index (κ3) is 2.28. The van der Waals surface area contributed by atoms with Crippen molar-refractivity contribution in [1.29, 1.82) is 0 Å². The zero-order valence-electron chi connectivity index (χ0n) is 9.95. The van der Waals surface area contributed by atoms with Crippen LogP contribution in [0.2, 0.25) is 5.02 Å². The molecular weight excluding hydrogens is 256 g/mol. The van der Waals surface area contributed by atoms with Crippen LogP contribution in [-0.4, -0.2) is 10.5 Å². The smallest absolute Gasteiger partial charge is 0.248 e. The van der Waals surface area contributed by atoms with Crippen LogP contribution in [0.1, 0.15) is 18.9 Å². The van der Waals surface area contributed by atoms with Gasteiger partial charge >= 0.3 is 0 Å². The largest absolute Gasteiger partial charge is 0.319 e. The first-order valence-corrected chi connectivity index (χ1v) is 6.55. The van der Waals surface area contributed by atoms with Crippen molar-refractivity contribution in [2.45, 2.75) is 20.3 Å². The number of carbonyl (C=O) groups is 1. The number of nitrogens with zero attached hydrogens (tertiary/aromatic N) is 2. The van der Waals surface area contributed by atoms with E-state index in [4.69, 9.17) is 11.6 Å². The van der Waals surface area contributed by atoms with E-state index >= 15 is 0 Å². The molecule has 0 aliphatic carbocycles. The number of carbonyl (C=O) groups excluding carboxylic acids is 1. The average molecular weight is 269 g/mol. The molecule has 0 bridgehead atoms. The van der Waals surface area contributed by atoms with E-state index in [-0.39, 0.29) is 5.91 Å². The lowest BCUT2D eigenvalue weighted by molar-refractivity contribution is -0.117. The highest BCUT2D eigenvalue weighted by molar-refractivity contribution is 7.16. The van der Waals surface area contributed by atoms with E-state index in [1.807, 2.05) is 30.7 Å². The first-order valence-electron chi connectivity index (χ1n) is 5.36. The van der Waals surface area contributed by atoms with Gasteiger partial charge in [-0.15, -0.1) is 0 Å². The minimum Gasteiger partial charge on any atom is -0.319 e. The lowest BCUT2D eigenvalue weighted by Gasteiger charge is -2.00. The molecular formula is C12H13ClN2OS. The summed E-state index contributed by atoms with van der Waals surface area (Å²) in [5.74, 6) is -0.101. The van der Waals surface area contributed by atoms with E-state index < -0.39 is 0 Å². The number of rotatable bonds is 1. The topological polar surface area (TPSA) is 34.4 Å². The van der Waals surface area contributed by atoms with Crippen LogP contribution in [0.25, 0.3) is 10.2 Å². The Morgan fingerprint density at radius 2 is 2.24 bits per heavy atom. The molecule has 1 aromatic heterocycles. The summed E-state index contributed by atoms with van der Waals surface area (Å²) < 4.78 is 3.00. The van der Waals surface area contributed by atoms with Gasteiger partial charge in [0.1, 0.15) is 0 Å². The molecule has 90 valence electrons. The number of benzene rings is 1. The highest BCUT2D eigenvalue weighted by Crippen LogP contribution is 2.24. The minimum atomic E-state index is -0.101. The molecule has 17 heavy (non-hydrogen) atoms. The van der Waals surface area contributed by atoms with Crippen LogP contribution in [0.15, 0.2) is 17.1 Å². The van der Waals surface area contributed by atoms with Crippen LogP contribution in [0.5, 0.6) is 0 Å². The molecule has 2 aromatic rings. The Labute approximate surface area is 108 Å². The maximum absolute atomic E-state index is 11.4. The van der Waals surface area contributed by atoms with Gasteiger partial charge in [0.15, 0.2) is 4.80 Å². The molecule has 0 unspecified atom stereocenters. The van der Waals surface area contributed by atoms with Gasteiger partial charge in [-0.25, -0.2) is 0 Å². The quantitative estimate of drug-likeness (QED) is 0.783. The van der Waals surface area contributed by atoms with Gasteiger partial charge in [0.2, 0.25) is 5.91 Å². The maximum Gasteiger partial charge on any atom is 0.248 e. The van der Waals surface area contributed by atoms with Gasteiger partial charge < -0.3 is 4.57 Å². The molecule has 1 heterocycles. The van der Waals surface area contributed by atoms with Crippen molar-refractivity contribution in [2.24, 2.45) is 12.0 Å². The Morgan fingerprint density at radius 3 is 2.88 bits per heavy atom. The second-order valence-electron chi connectivity index (χ2n) is 3.87. The number of hydrogen-bond acceptors (Lipinski definition) is 2. The monoisotopic (exact) mass is 268 g/mol. The molecule has 0 fully saturated rings. The van der Waals surface area contributed by atoms with Crippen LogP contribution < -0.4 is 4.80 Å². The summed E-state index contributed by atoms with van der Waals surface area (Å²) in [4.78, 5) is 16.2. The summed E-state index contributed by atoms with van der Waals surface area (Å²) in [6, 6.07) is 3.83. The lowest BCUT2D eigenvalue weighted by atomic mass is 10.2. The zero-order chi connectivity index (χ0) is 12.6. The van der Waals surface area contributed by atoms with Gasteiger partial charge in [-0.05, 0) is 24.6 Å². The second kappa shape index (κ2) is 4.63. The summed E-state index contributed by atoms with van der Waals surface area (Å²) in [5.41, 5.74) is 2.18. The van der Waals surface area contributed by atoms with Crippen molar-refractivity contribution in [3.8, 4) is 0 Å². The fraction of sp³-hybridized carbons (Fsp3) is 0.333. The van der Waals surface area contributed by atoms with E-state index in [0.29, 0.717) is 11.4 Å². The third-order valence-corrected chi connectivity index (χ3v) is 3.87. The first kappa shape index (κ1) is 12.3. The van der Waals surface area contributed by atoms with Crippen molar-refractivity contribution in [1.82, 2.24) is 4.57 Å². The zero-order valence-corrected chi connectivity index (χ0v) is 11.5. The van der Waals surface area contributed by atoms with Gasteiger partial charge in [-0.3, -0.25) is 4.79 Å². The fourth-order valence-electron chi connectivity index (χ4n) is 1.76. The molecule has 0 atom stereocenters. The fourth-order valence-corrected chi connectivity index (χ4v) is 3.25. The van der Waals surface area contributed by atoms with Crippen molar-refractivity contribution >= 4 is 39.1 Å². The highest BCUT2D eigenvalue weighted by Gasteiger charge is 2.07. The molecule has 0 saturated carbocycles. The number of thiazole rings is 1. The molecule has 0 aliphatic heterocycles. The Bertz CT molecular complexity index is 654. The minimum absolute atomic E-state index is 0.101. The number of aromatic nitrogens is 1.